The van der Waals surface area contributed by atoms with Gasteiger partial charge >= 0.3 is 0 Å². The van der Waals surface area contributed by atoms with Gasteiger partial charge in [0.05, 0.1) is 17.1 Å². The topological polar surface area (TPSA) is 39.1 Å². The Hall–Kier alpha value is -3.53. The highest BCUT2D eigenvalue weighted by Crippen LogP contribution is 2.31. The molecule has 4 nitrogen and oxygen atoms in total. The Morgan fingerprint density at radius 1 is 1.08 bits per heavy atom. The lowest BCUT2D eigenvalue weighted by Gasteiger charge is -2.30. The van der Waals surface area contributed by atoms with Crippen LogP contribution in [0.4, 0.5) is 0 Å². The van der Waals surface area contributed by atoms with Crippen molar-refractivity contribution in [3.8, 4) is 5.75 Å². The van der Waals surface area contributed by atoms with Crippen molar-refractivity contribution < 1.29 is 4.74 Å². The monoisotopic (exact) mass is 479 g/mol. The summed E-state index contributed by atoms with van der Waals surface area (Å²) in [6.45, 7) is 12.2. The number of hydrogen-bond acceptors (Lipinski definition) is 3. The summed E-state index contributed by atoms with van der Waals surface area (Å²) in [4.78, 5) is 4.99. The molecule has 1 aliphatic carbocycles. The van der Waals surface area contributed by atoms with Gasteiger partial charge in [0.2, 0.25) is 0 Å². The van der Waals surface area contributed by atoms with Crippen LogP contribution in [0.15, 0.2) is 79.0 Å². The number of hydrogen-bond donors (Lipinski definition) is 1. The molecular formula is C32H37N3O. The highest BCUT2D eigenvalue weighted by atomic mass is 16.5. The molecule has 3 aromatic carbocycles. The number of nitrogens with one attached hydrogen (secondary N) is 1. The SMILES string of the molecule is C=C(NC1CCCc2ccccc21)C(C)CCn1c(COc2ccc(C)cc2)nc2c(C)cccc21. The minimum absolute atomic E-state index is 0.340. The smallest absolute Gasteiger partial charge is 0.148 e. The van der Waals surface area contributed by atoms with E-state index in [1.807, 2.05) is 12.1 Å². The van der Waals surface area contributed by atoms with Crippen molar-refractivity contribution in [3.63, 3.8) is 0 Å². The maximum absolute atomic E-state index is 6.13. The van der Waals surface area contributed by atoms with Gasteiger partial charge in [0.15, 0.2) is 0 Å². The van der Waals surface area contributed by atoms with Gasteiger partial charge in [0, 0.05) is 12.2 Å². The second-order valence-electron chi connectivity index (χ2n) is 10.2. The van der Waals surface area contributed by atoms with Gasteiger partial charge in [-0.15, -0.1) is 0 Å². The van der Waals surface area contributed by atoms with Crippen molar-refractivity contribution in [2.24, 2.45) is 5.92 Å². The third-order valence-corrected chi connectivity index (χ3v) is 7.56. The van der Waals surface area contributed by atoms with E-state index in [1.54, 1.807) is 0 Å². The average molecular weight is 480 g/mol. The fourth-order valence-corrected chi connectivity index (χ4v) is 5.24. The highest BCUT2D eigenvalue weighted by molar-refractivity contribution is 5.79. The summed E-state index contributed by atoms with van der Waals surface area (Å²) in [5.74, 6) is 2.17. The first-order valence-electron chi connectivity index (χ1n) is 13.2. The lowest BCUT2D eigenvalue weighted by molar-refractivity contribution is 0.288. The van der Waals surface area contributed by atoms with Crippen LogP contribution in [0.5, 0.6) is 5.75 Å². The number of allylic oxidation sites excluding steroid dienone is 1. The lowest BCUT2D eigenvalue weighted by Crippen LogP contribution is -2.27. The first-order chi connectivity index (χ1) is 17.5. The zero-order valence-corrected chi connectivity index (χ0v) is 21.8. The maximum Gasteiger partial charge on any atom is 0.148 e. The molecule has 5 rings (SSSR count). The summed E-state index contributed by atoms with van der Waals surface area (Å²) >= 11 is 0. The molecule has 4 aromatic rings. The molecular weight excluding hydrogens is 442 g/mol. The number of rotatable bonds is 9. The van der Waals surface area contributed by atoms with E-state index in [0.29, 0.717) is 18.6 Å². The summed E-state index contributed by atoms with van der Waals surface area (Å²) in [7, 11) is 0. The third-order valence-electron chi connectivity index (χ3n) is 7.56. The summed E-state index contributed by atoms with van der Waals surface area (Å²) in [5.41, 5.74) is 8.68. The van der Waals surface area contributed by atoms with E-state index in [-0.39, 0.29) is 0 Å². The van der Waals surface area contributed by atoms with Crippen LogP contribution in [0.2, 0.25) is 0 Å². The van der Waals surface area contributed by atoms with Gasteiger partial charge in [0.25, 0.3) is 0 Å². The van der Waals surface area contributed by atoms with E-state index in [4.69, 9.17) is 9.72 Å². The van der Waals surface area contributed by atoms with E-state index in [0.717, 1.165) is 42.2 Å². The highest BCUT2D eigenvalue weighted by Gasteiger charge is 2.21. The van der Waals surface area contributed by atoms with Crippen LogP contribution in [0.1, 0.15) is 60.3 Å². The Labute approximate surface area is 215 Å². The van der Waals surface area contributed by atoms with Gasteiger partial charge in [-0.05, 0) is 80.3 Å². The summed E-state index contributed by atoms with van der Waals surface area (Å²) < 4.78 is 8.46. The van der Waals surface area contributed by atoms with Gasteiger partial charge in [-0.3, -0.25) is 0 Å². The number of nitrogens with zero attached hydrogens (tertiary/aromatic N) is 2. The Balaban J connectivity index is 1.29. The molecule has 0 amide bonds. The molecule has 0 fully saturated rings. The Morgan fingerprint density at radius 3 is 2.72 bits per heavy atom. The summed E-state index contributed by atoms with van der Waals surface area (Å²) in [6.07, 6.45) is 4.55. The number of aryl methyl sites for hydroxylation is 4. The van der Waals surface area contributed by atoms with E-state index >= 15 is 0 Å². The molecule has 0 bridgehead atoms. The van der Waals surface area contributed by atoms with Crippen LogP contribution in [0.25, 0.3) is 11.0 Å². The van der Waals surface area contributed by atoms with Crippen LogP contribution in [0.3, 0.4) is 0 Å². The first kappa shape index (κ1) is 24.2. The van der Waals surface area contributed by atoms with Crippen molar-refractivity contribution in [2.75, 3.05) is 0 Å². The molecule has 2 unspecified atom stereocenters. The Morgan fingerprint density at radius 2 is 1.89 bits per heavy atom. The van der Waals surface area contributed by atoms with E-state index in [1.165, 1.54) is 40.6 Å². The van der Waals surface area contributed by atoms with Crippen molar-refractivity contribution in [2.45, 2.75) is 65.6 Å². The van der Waals surface area contributed by atoms with Gasteiger partial charge in [-0.2, -0.15) is 0 Å². The zero-order chi connectivity index (χ0) is 25.1. The molecule has 36 heavy (non-hydrogen) atoms. The molecule has 1 heterocycles. The number of imidazole rings is 1. The summed E-state index contributed by atoms with van der Waals surface area (Å²) in [5, 5.41) is 3.77. The van der Waals surface area contributed by atoms with Crippen molar-refractivity contribution in [1.29, 1.82) is 0 Å². The maximum atomic E-state index is 6.13. The molecule has 0 saturated carbocycles. The molecule has 4 heteroatoms. The molecule has 1 N–H and O–H groups in total. The van der Waals surface area contributed by atoms with E-state index in [2.05, 4.69) is 91.8 Å². The molecule has 1 aromatic heterocycles. The van der Waals surface area contributed by atoms with Gasteiger partial charge in [0.1, 0.15) is 18.2 Å². The second kappa shape index (κ2) is 10.6. The molecule has 0 aliphatic heterocycles. The van der Waals surface area contributed by atoms with Crippen LogP contribution >= 0.6 is 0 Å². The Kier molecular flexibility index (Phi) is 7.13. The fraction of sp³-hybridized carbons (Fsp3) is 0.344. The number of para-hydroxylation sites is 1. The van der Waals surface area contributed by atoms with E-state index in [9.17, 15) is 0 Å². The minimum Gasteiger partial charge on any atom is -0.486 e. The van der Waals surface area contributed by atoms with Crippen molar-refractivity contribution >= 4 is 11.0 Å². The van der Waals surface area contributed by atoms with Gasteiger partial charge in [-0.1, -0.05) is 67.6 Å². The van der Waals surface area contributed by atoms with Crippen molar-refractivity contribution in [3.05, 3.63) is 107 Å². The quantitative estimate of drug-likeness (QED) is 0.271. The van der Waals surface area contributed by atoms with Crippen LogP contribution in [-0.4, -0.2) is 9.55 Å². The molecule has 0 spiro atoms. The number of fused-ring (bicyclic) bond motifs is 2. The fourth-order valence-electron chi connectivity index (χ4n) is 5.24. The van der Waals surface area contributed by atoms with Gasteiger partial charge < -0.3 is 14.6 Å². The first-order valence-corrected chi connectivity index (χ1v) is 13.2. The molecule has 0 saturated heterocycles. The van der Waals surface area contributed by atoms with Gasteiger partial charge in [-0.25, -0.2) is 4.98 Å². The molecule has 0 radical (unpaired) electrons. The third kappa shape index (κ3) is 5.18. The zero-order valence-electron chi connectivity index (χ0n) is 21.8. The van der Waals surface area contributed by atoms with E-state index < -0.39 is 0 Å². The summed E-state index contributed by atoms with van der Waals surface area (Å²) in [6, 6.07) is 23.8. The average Bonchev–Trinajstić information content (AvgIpc) is 3.26. The lowest BCUT2D eigenvalue weighted by atomic mass is 9.87. The molecule has 186 valence electrons. The number of benzene rings is 3. The second-order valence-corrected chi connectivity index (χ2v) is 10.2. The van der Waals surface area contributed by atoms with Crippen LogP contribution in [-0.2, 0) is 19.6 Å². The number of ether oxygens (including phenoxy) is 1. The minimum atomic E-state index is 0.340. The predicted octanol–water partition coefficient (Wildman–Crippen LogP) is 7.44. The Bertz CT molecular complexity index is 1350. The molecule has 2 atom stereocenters. The normalized spacial score (nSPS) is 15.9. The predicted molar refractivity (Wildman–Crippen MR) is 148 cm³/mol. The van der Waals surface area contributed by atoms with Crippen LogP contribution < -0.4 is 10.1 Å². The van der Waals surface area contributed by atoms with Crippen molar-refractivity contribution in [1.82, 2.24) is 14.9 Å². The standard InChI is InChI=1S/C32H37N3O/c1-22-15-17-27(18-16-22)36-21-31-34-32-24(3)9-7-14-30(32)35(31)20-19-23(2)25(4)33-29-13-8-11-26-10-5-6-12-28(26)29/h5-7,9-10,12,14-18,23,29,33H,4,8,11,13,19-21H2,1-3H3. The molecule has 1 aliphatic rings. The largest absolute Gasteiger partial charge is 0.486 e. The number of aromatic nitrogens is 2. The van der Waals surface area contributed by atoms with Crippen LogP contribution in [0, 0.1) is 19.8 Å².